The zero-order valence-electron chi connectivity index (χ0n) is 12.0. The average molecular weight is 298 g/mol. The van der Waals surface area contributed by atoms with E-state index < -0.39 is 10.0 Å². The second kappa shape index (κ2) is 6.11. The molecule has 2 unspecified atom stereocenters. The molecule has 0 aromatic heterocycles. The standard InChI is InChI=1S/C14H22N2O3S/c1-3-19-12-5-4-6-13(9-12)20(17,18)16-8-7-14(15)11(2)10-16/h4-6,9,11,14H,3,7-8,10,15H2,1-2H3. The van der Waals surface area contributed by atoms with E-state index in [4.69, 9.17) is 10.5 Å². The van der Waals surface area contributed by atoms with Crippen LogP contribution in [0.4, 0.5) is 0 Å². The summed E-state index contributed by atoms with van der Waals surface area (Å²) in [5.74, 6) is 0.754. The zero-order valence-corrected chi connectivity index (χ0v) is 12.8. The van der Waals surface area contributed by atoms with Gasteiger partial charge in [0.25, 0.3) is 0 Å². The van der Waals surface area contributed by atoms with Crippen LogP contribution >= 0.6 is 0 Å². The van der Waals surface area contributed by atoms with Crippen LogP contribution in [0.25, 0.3) is 0 Å². The van der Waals surface area contributed by atoms with Crippen LogP contribution in [0.1, 0.15) is 20.3 Å². The summed E-state index contributed by atoms with van der Waals surface area (Å²) in [6, 6.07) is 6.74. The maximum Gasteiger partial charge on any atom is 0.243 e. The van der Waals surface area contributed by atoms with E-state index in [0.717, 1.165) is 0 Å². The van der Waals surface area contributed by atoms with E-state index in [2.05, 4.69) is 0 Å². The Bertz CT molecular complexity index is 559. The van der Waals surface area contributed by atoms with Gasteiger partial charge in [0.1, 0.15) is 5.75 Å². The van der Waals surface area contributed by atoms with Gasteiger partial charge in [0.2, 0.25) is 10.0 Å². The summed E-state index contributed by atoms with van der Waals surface area (Å²) < 4.78 is 32.1. The number of ether oxygens (including phenoxy) is 1. The number of sulfonamides is 1. The van der Waals surface area contributed by atoms with Crippen molar-refractivity contribution >= 4 is 10.0 Å². The van der Waals surface area contributed by atoms with Crippen molar-refractivity contribution in [2.45, 2.75) is 31.2 Å². The van der Waals surface area contributed by atoms with Gasteiger partial charge in [-0.05, 0) is 31.4 Å². The number of rotatable bonds is 4. The van der Waals surface area contributed by atoms with Gasteiger partial charge in [0.05, 0.1) is 11.5 Å². The highest BCUT2D eigenvalue weighted by molar-refractivity contribution is 7.89. The first kappa shape index (κ1) is 15.3. The van der Waals surface area contributed by atoms with E-state index >= 15 is 0 Å². The van der Waals surface area contributed by atoms with E-state index in [0.29, 0.717) is 31.9 Å². The summed E-state index contributed by atoms with van der Waals surface area (Å²) in [5.41, 5.74) is 5.94. The maximum absolute atomic E-state index is 12.6. The predicted molar refractivity (Wildman–Crippen MR) is 78.1 cm³/mol. The van der Waals surface area contributed by atoms with Crippen LogP contribution in [0.5, 0.6) is 5.75 Å². The highest BCUT2D eigenvalue weighted by Crippen LogP contribution is 2.25. The van der Waals surface area contributed by atoms with E-state index in [-0.39, 0.29) is 16.9 Å². The van der Waals surface area contributed by atoms with Gasteiger partial charge < -0.3 is 10.5 Å². The Labute approximate surface area is 120 Å². The van der Waals surface area contributed by atoms with Gasteiger partial charge in [-0.25, -0.2) is 8.42 Å². The van der Waals surface area contributed by atoms with Gasteiger partial charge in [-0.2, -0.15) is 4.31 Å². The molecule has 1 aromatic rings. The molecule has 2 atom stereocenters. The average Bonchev–Trinajstić information content (AvgIpc) is 2.42. The summed E-state index contributed by atoms with van der Waals surface area (Å²) in [7, 11) is -3.46. The lowest BCUT2D eigenvalue weighted by atomic mass is 9.96. The summed E-state index contributed by atoms with van der Waals surface area (Å²) in [5, 5.41) is 0. The van der Waals surface area contributed by atoms with Crippen LogP contribution in [0, 0.1) is 5.92 Å². The Morgan fingerprint density at radius 2 is 2.20 bits per heavy atom. The Hall–Kier alpha value is -1.11. The molecular formula is C14H22N2O3S. The van der Waals surface area contributed by atoms with E-state index in [1.807, 2.05) is 13.8 Å². The third-order valence-corrected chi connectivity index (χ3v) is 5.55. The predicted octanol–water partition coefficient (Wildman–Crippen LogP) is 1.44. The number of hydrogen-bond donors (Lipinski definition) is 1. The molecule has 0 amide bonds. The quantitative estimate of drug-likeness (QED) is 0.913. The Kier molecular flexibility index (Phi) is 4.67. The number of piperidine rings is 1. The van der Waals surface area contributed by atoms with Crippen LogP contribution in [0.3, 0.4) is 0 Å². The van der Waals surface area contributed by atoms with Gasteiger partial charge >= 0.3 is 0 Å². The first-order valence-corrected chi connectivity index (χ1v) is 8.37. The second-order valence-corrected chi connectivity index (χ2v) is 7.14. The first-order chi connectivity index (χ1) is 9.45. The summed E-state index contributed by atoms with van der Waals surface area (Å²) in [4.78, 5) is 0.283. The van der Waals surface area contributed by atoms with Crippen molar-refractivity contribution in [3.63, 3.8) is 0 Å². The molecule has 1 saturated heterocycles. The van der Waals surface area contributed by atoms with Gasteiger partial charge in [0, 0.05) is 25.2 Å². The number of nitrogens with zero attached hydrogens (tertiary/aromatic N) is 1. The van der Waals surface area contributed by atoms with Gasteiger partial charge in [0.15, 0.2) is 0 Å². The third kappa shape index (κ3) is 3.13. The van der Waals surface area contributed by atoms with Crippen molar-refractivity contribution in [2.75, 3.05) is 19.7 Å². The molecule has 1 heterocycles. The van der Waals surface area contributed by atoms with Crippen molar-refractivity contribution < 1.29 is 13.2 Å². The Morgan fingerprint density at radius 1 is 1.45 bits per heavy atom. The zero-order chi connectivity index (χ0) is 14.8. The van der Waals surface area contributed by atoms with Crippen LogP contribution < -0.4 is 10.5 Å². The molecule has 2 N–H and O–H groups in total. The smallest absolute Gasteiger partial charge is 0.243 e. The number of nitrogens with two attached hydrogens (primary N) is 1. The molecule has 0 aliphatic carbocycles. The molecule has 112 valence electrons. The van der Waals surface area contributed by atoms with Gasteiger partial charge in [-0.3, -0.25) is 0 Å². The van der Waals surface area contributed by atoms with Crippen molar-refractivity contribution in [3.05, 3.63) is 24.3 Å². The van der Waals surface area contributed by atoms with Crippen molar-refractivity contribution in [3.8, 4) is 5.75 Å². The van der Waals surface area contributed by atoms with Crippen LogP contribution in [-0.2, 0) is 10.0 Å². The fraction of sp³-hybridized carbons (Fsp3) is 0.571. The molecular weight excluding hydrogens is 276 g/mol. The lowest BCUT2D eigenvalue weighted by Crippen LogP contribution is -2.48. The third-order valence-electron chi connectivity index (χ3n) is 3.69. The lowest BCUT2D eigenvalue weighted by Gasteiger charge is -2.34. The van der Waals surface area contributed by atoms with Crippen LogP contribution in [0.2, 0.25) is 0 Å². The Balaban J connectivity index is 2.24. The normalized spacial score (nSPS) is 24.6. The molecule has 1 aliphatic heterocycles. The fourth-order valence-electron chi connectivity index (χ4n) is 2.38. The minimum Gasteiger partial charge on any atom is -0.494 e. The molecule has 1 aromatic carbocycles. The first-order valence-electron chi connectivity index (χ1n) is 6.93. The largest absolute Gasteiger partial charge is 0.494 e. The van der Waals surface area contributed by atoms with Gasteiger partial charge in [-0.15, -0.1) is 0 Å². The highest BCUT2D eigenvalue weighted by atomic mass is 32.2. The van der Waals surface area contributed by atoms with Crippen molar-refractivity contribution in [2.24, 2.45) is 11.7 Å². The molecule has 1 aliphatic rings. The maximum atomic E-state index is 12.6. The molecule has 0 bridgehead atoms. The lowest BCUT2D eigenvalue weighted by molar-refractivity contribution is 0.250. The van der Waals surface area contributed by atoms with E-state index in [1.54, 1.807) is 24.3 Å². The van der Waals surface area contributed by atoms with E-state index in [9.17, 15) is 8.42 Å². The molecule has 20 heavy (non-hydrogen) atoms. The van der Waals surface area contributed by atoms with Crippen LogP contribution in [-0.4, -0.2) is 38.5 Å². The topological polar surface area (TPSA) is 72.6 Å². The van der Waals surface area contributed by atoms with Crippen molar-refractivity contribution in [1.82, 2.24) is 4.31 Å². The second-order valence-electron chi connectivity index (χ2n) is 5.20. The summed E-state index contributed by atoms with van der Waals surface area (Å²) in [6.45, 7) is 5.33. The highest BCUT2D eigenvalue weighted by Gasteiger charge is 2.32. The molecule has 5 nitrogen and oxygen atoms in total. The molecule has 2 rings (SSSR count). The minimum absolute atomic E-state index is 0.0798. The van der Waals surface area contributed by atoms with Crippen LogP contribution in [0.15, 0.2) is 29.2 Å². The van der Waals surface area contributed by atoms with Gasteiger partial charge in [-0.1, -0.05) is 13.0 Å². The summed E-state index contributed by atoms with van der Waals surface area (Å²) >= 11 is 0. The molecule has 0 saturated carbocycles. The number of hydrogen-bond acceptors (Lipinski definition) is 4. The fourth-order valence-corrected chi connectivity index (χ4v) is 3.97. The summed E-state index contributed by atoms with van der Waals surface area (Å²) in [6.07, 6.45) is 0.700. The molecule has 6 heteroatoms. The molecule has 1 fully saturated rings. The monoisotopic (exact) mass is 298 g/mol. The molecule has 0 spiro atoms. The SMILES string of the molecule is CCOc1cccc(S(=O)(=O)N2CCC(N)C(C)C2)c1. The Morgan fingerprint density at radius 3 is 2.85 bits per heavy atom. The number of benzene rings is 1. The van der Waals surface area contributed by atoms with E-state index in [1.165, 1.54) is 4.31 Å². The molecule has 0 radical (unpaired) electrons. The van der Waals surface area contributed by atoms with Crippen molar-refractivity contribution in [1.29, 1.82) is 0 Å². The minimum atomic E-state index is -3.46.